The fourth-order valence-corrected chi connectivity index (χ4v) is 4.81. The van der Waals surface area contributed by atoms with Gasteiger partial charge in [-0.15, -0.1) is 10.2 Å². The van der Waals surface area contributed by atoms with Crippen LogP contribution in [0.5, 0.6) is 0 Å². The lowest BCUT2D eigenvalue weighted by atomic mass is 9.95. The zero-order valence-corrected chi connectivity index (χ0v) is 19.7. The molecular formula is C25H28FN5OS. The van der Waals surface area contributed by atoms with Gasteiger partial charge in [0.1, 0.15) is 5.82 Å². The number of aryl methyl sites for hydroxylation is 1. The van der Waals surface area contributed by atoms with Crippen LogP contribution in [0.4, 0.5) is 4.39 Å². The Bertz CT molecular complexity index is 1120. The summed E-state index contributed by atoms with van der Waals surface area (Å²) in [6.45, 7) is 3.84. The summed E-state index contributed by atoms with van der Waals surface area (Å²) in [6, 6.07) is 14.7. The normalized spacial score (nSPS) is 14.9. The molecule has 0 radical (unpaired) electrons. The highest BCUT2D eigenvalue weighted by atomic mass is 32.2. The van der Waals surface area contributed by atoms with Gasteiger partial charge in [-0.25, -0.2) is 9.82 Å². The molecule has 0 spiro atoms. The first kappa shape index (κ1) is 23.2. The van der Waals surface area contributed by atoms with Gasteiger partial charge >= 0.3 is 0 Å². The molecule has 0 unspecified atom stereocenters. The van der Waals surface area contributed by atoms with Crippen LogP contribution >= 0.6 is 11.8 Å². The summed E-state index contributed by atoms with van der Waals surface area (Å²) in [7, 11) is 0. The Labute approximate surface area is 197 Å². The SMILES string of the molecule is C/C(=N\NC(=O)CSc1nnc(-c2ccc(C)cc2)n1C1CCCCC1)c1ccc(F)cc1. The molecule has 0 aliphatic heterocycles. The Balaban J connectivity index is 1.47. The lowest BCUT2D eigenvalue weighted by Gasteiger charge is -2.25. The Kier molecular flexibility index (Phi) is 7.54. The van der Waals surface area contributed by atoms with E-state index < -0.39 is 0 Å². The summed E-state index contributed by atoms with van der Waals surface area (Å²) in [5.74, 6) is 0.504. The molecule has 1 N–H and O–H groups in total. The van der Waals surface area contributed by atoms with E-state index in [9.17, 15) is 9.18 Å². The Hall–Kier alpha value is -3.00. The number of nitrogens with one attached hydrogen (secondary N) is 1. The summed E-state index contributed by atoms with van der Waals surface area (Å²) >= 11 is 1.38. The minimum Gasteiger partial charge on any atom is -0.299 e. The first-order valence-corrected chi connectivity index (χ1v) is 12.2. The van der Waals surface area contributed by atoms with Gasteiger partial charge in [0, 0.05) is 11.6 Å². The van der Waals surface area contributed by atoms with Crippen molar-refractivity contribution in [3.05, 3.63) is 65.5 Å². The van der Waals surface area contributed by atoms with Crippen molar-refractivity contribution in [2.24, 2.45) is 5.10 Å². The number of amides is 1. The van der Waals surface area contributed by atoms with Crippen molar-refractivity contribution in [3.63, 3.8) is 0 Å². The van der Waals surface area contributed by atoms with E-state index in [4.69, 9.17) is 0 Å². The number of thioether (sulfide) groups is 1. The summed E-state index contributed by atoms with van der Waals surface area (Å²) in [4.78, 5) is 12.5. The fraction of sp³-hybridized carbons (Fsp3) is 0.360. The Morgan fingerprint density at radius 1 is 1.09 bits per heavy atom. The average Bonchev–Trinajstić information content (AvgIpc) is 3.26. The minimum absolute atomic E-state index is 0.180. The number of hydrazone groups is 1. The molecule has 4 rings (SSSR count). The quantitative estimate of drug-likeness (QED) is 0.283. The second-order valence-corrected chi connectivity index (χ2v) is 9.30. The van der Waals surface area contributed by atoms with E-state index in [1.165, 1.54) is 48.7 Å². The molecule has 3 aromatic rings. The van der Waals surface area contributed by atoms with Crippen molar-refractivity contribution in [2.75, 3.05) is 5.75 Å². The molecule has 0 saturated heterocycles. The molecule has 0 atom stereocenters. The van der Waals surface area contributed by atoms with Gasteiger partial charge in [0.25, 0.3) is 5.91 Å². The largest absolute Gasteiger partial charge is 0.299 e. The van der Waals surface area contributed by atoms with Gasteiger partial charge in [-0.2, -0.15) is 5.10 Å². The number of hydrogen-bond acceptors (Lipinski definition) is 5. The van der Waals surface area contributed by atoms with Crippen LogP contribution < -0.4 is 5.43 Å². The van der Waals surface area contributed by atoms with Gasteiger partial charge < -0.3 is 0 Å². The Morgan fingerprint density at radius 2 is 1.79 bits per heavy atom. The number of hydrogen-bond donors (Lipinski definition) is 1. The van der Waals surface area contributed by atoms with Crippen LogP contribution in [-0.2, 0) is 4.79 Å². The maximum absolute atomic E-state index is 13.1. The molecule has 0 bridgehead atoms. The smallest absolute Gasteiger partial charge is 0.250 e. The van der Waals surface area contributed by atoms with E-state index in [2.05, 4.69) is 56.5 Å². The number of halogens is 1. The third-order valence-electron chi connectivity index (χ3n) is 5.86. The molecule has 6 nitrogen and oxygen atoms in total. The van der Waals surface area contributed by atoms with E-state index in [0.717, 1.165) is 34.9 Å². The van der Waals surface area contributed by atoms with Crippen LogP contribution in [0.25, 0.3) is 11.4 Å². The molecule has 1 amide bonds. The van der Waals surface area contributed by atoms with Crippen molar-refractivity contribution in [2.45, 2.75) is 57.1 Å². The van der Waals surface area contributed by atoms with Crippen molar-refractivity contribution in [1.29, 1.82) is 0 Å². The molecule has 1 fully saturated rings. The summed E-state index contributed by atoms with van der Waals surface area (Å²) < 4.78 is 15.3. The molecule has 172 valence electrons. The first-order valence-electron chi connectivity index (χ1n) is 11.2. The van der Waals surface area contributed by atoms with Crippen LogP contribution in [-0.4, -0.2) is 32.1 Å². The molecule has 8 heteroatoms. The van der Waals surface area contributed by atoms with Crippen molar-refractivity contribution >= 4 is 23.4 Å². The van der Waals surface area contributed by atoms with Gasteiger partial charge in [0.05, 0.1) is 11.5 Å². The standard InChI is InChI=1S/C25H28FN5OS/c1-17-8-10-20(11-9-17)24-29-30-25(31(24)22-6-4-3-5-7-22)33-16-23(32)28-27-18(2)19-12-14-21(26)15-13-19/h8-15,22H,3-7,16H2,1-2H3,(H,28,32)/b27-18+. The monoisotopic (exact) mass is 465 g/mol. The lowest BCUT2D eigenvalue weighted by molar-refractivity contribution is -0.118. The second kappa shape index (κ2) is 10.7. The van der Waals surface area contributed by atoms with Gasteiger partial charge in [-0.05, 0) is 44.4 Å². The number of carbonyl (C=O) groups is 1. The minimum atomic E-state index is -0.306. The van der Waals surface area contributed by atoms with Gasteiger partial charge in [-0.3, -0.25) is 9.36 Å². The molecule has 1 aromatic heterocycles. The number of carbonyl (C=O) groups excluding carboxylic acids is 1. The highest BCUT2D eigenvalue weighted by molar-refractivity contribution is 7.99. The van der Waals surface area contributed by atoms with Crippen LogP contribution in [0.3, 0.4) is 0 Å². The van der Waals surface area contributed by atoms with Crippen LogP contribution in [0, 0.1) is 12.7 Å². The zero-order chi connectivity index (χ0) is 23.2. The lowest BCUT2D eigenvalue weighted by Crippen LogP contribution is -2.22. The number of aromatic nitrogens is 3. The van der Waals surface area contributed by atoms with Crippen LogP contribution in [0.1, 0.15) is 56.2 Å². The van der Waals surface area contributed by atoms with Gasteiger partial charge in [-0.1, -0.05) is 73.0 Å². The maximum atomic E-state index is 13.1. The molecule has 1 aliphatic carbocycles. The summed E-state index contributed by atoms with van der Waals surface area (Å²) in [5.41, 5.74) is 6.19. The highest BCUT2D eigenvalue weighted by Crippen LogP contribution is 2.35. The first-order chi connectivity index (χ1) is 16.0. The second-order valence-electron chi connectivity index (χ2n) is 8.36. The van der Waals surface area contributed by atoms with Gasteiger partial charge in [0.2, 0.25) is 0 Å². The van der Waals surface area contributed by atoms with Crippen molar-refractivity contribution in [3.8, 4) is 11.4 Å². The maximum Gasteiger partial charge on any atom is 0.250 e. The van der Waals surface area contributed by atoms with E-state index in [-0.39, 0.29) is 17.5 Å². The third kappa shape index (κ3) is 5.87. The topological polar surface area (TPSA) is 72.2 Å². The average molecular weight is 466 g/mol. The molecule has 1 saturated carbocycles. The summed E-state index contributed by atoms with van der Waals surface area (Å²) in [5, 5.41) is 13.8. The molecular weight excluding hydrogens is 437 g/mol. The van der Waals surface area contributed by atoms with Crippen LogP contribution in [0.2, 0.25) is 0 Å². The highest BCUT2D eigenvalue weighted by Gasteiger charge is 2.24. The number of benzene rings is 2. The summed E-state index contributed by atoms with van der Waals surface area (Å²) in [6.07, 6.45) is 5.83. The third-order valence-corrected chi connectivity index (χ3v) is 6.80. The van der Waals surface area contributed by atoms with E-state index >= 15 is 0 Å². The van der Waals surface area contributed by atoms with Gasteiger partial charge in [0.15, 0.2) is 11.0 Å². The fourth-order valence-electron chi connectivity index (χ4n) is 4.01. The number of nitrogens with zero attached hydrogens (tertiary/aromatic N) is 4. The van der Waals surface area contributed by atoms with Crippen molar-refractivity contribution < 1.29 is 9.18 Å². The van der Waals surface area contributed by atoms with E-state index in [0.29, 0.717) is 11.8 Å². The van der Waals surface area contributed by atoms with E-state index in [1.807, 2.05) is 0 Å². The molecule has 1 heterocycles. The predicted octanol–water partition coefficient (Wildman–Crippen LogP) is 5.53. The number of rotatable bonds is 7. The molecule has 2 aromatic carbocycles. The molecule has 1 aliphatic rings. The van der Waals surface area contributed by atoms with E-state index in [1.54, 1.807) is 19.1 Å². The predicted molar refractivity (Wildman–Crippen MR) is 130 cm³/mol. The Morgan fingerprint density at radius 3 is 2.48 bits per heavy atom. The van der Waals surface area contributed by atoms with Crippen molar-refractivity contribution in [1.82, 2.24) is 20.2 Å². The molecule has 33 heavy (non-hydrogen) atoms. The van der Waals surface area contributed by atoms with Crippen LogP contribution in [0.15, 0.2) is 58.8 Å². The zero-order valence-electron chi connectivity index (χ0n) is 18.9.